The third-order valence-electron chi connectivity index (χ3n) is 7.73. The lowest BCUT2D eigenvalue weighted by Crippen LogP contribution is -2.49. The van der Waals surface area contributed by atoms with Crippen LogP contribution < -0.4 is 5.32 Å². The number of aliphatic hydroxyl groups excluding tert-OH is 1. The molecule has 1 aromatic heterocycles. The second-order valence-electron chi connectivity index (χ2n) is 10.3. The van der Waals surface area contributed by atoms with Gasteiger partial charge in [-0.05, 0) is 42.9 Å². The molecule has 2 amide bonds. The number of rotatable bonds is 7. The summed E-state index contributed by atoms with van der Waals surface area (Å²) < 4.78 is 28.6. The van der Waals surface area contributed by atoms with Crippen LogP contribution in [0.15, 0.2) is 24.3 Å². The van der Waals surface area contributed by atoms with Gasteiger partial charge in [0, 0.05) is 45.3 Å². The summed E-state index contributed by atoms with van der Waals surface area (Å²) in [6.07, 6.45) is 0.660. The summed E-state index contributed by atoms with van der Waals surface area (Å²) in [5.41, 5.74) is 2.41. The molecule has 1 saturated carbocycles. The highest BCUT2D eigenvalue weighted by molar-refractivity contribution is 7.90. The number of nitrogens with zero attached hydrogens (tertiary/aromatic N) is 5. The lowest BCUT2D eigenvalue weighted by molar-refractivity contribution is 0.0723. The molecule has 3 aliphatic rings. The van der Waals surface area contributed by atoms with E-state index in [-0.39, 0.29) is 43.7 Å². The highest BCUT2D eigenvalue weighted by Gasteiger charge is 2.59. The van der Waals surface area contributed by atoms with Crippen molar-refractivity contribution in [1.29, 1.82) is 5.26 Å². The summed E-state index contributed by atoms with van der Waals surface area (Å²) in [5, 5.41) is 26.1. The van der Waals surface area contributed by atoms with Crippen LogP contribution in [0.4, 0.5) is 0 Å². The Morgan fingerprint density at radius 1 is 1.27 bits per heavy atom. The van der Waals surface area contributed by atoms with Crippen LogP contribution in [0.3, 0.4) is 0 Å². The number of sulfonamides is 1. The van der Waals surface area contributed by atoms with Gasteiger partial charge >= 0.3 is 0 Å². The summed E-state index contributed by atoms with van der Waals surface area (Å²) in [6, 6.07) is 8.93. The van der Waals surface area contributed by atoms with Crippen LogP contribution in [0.1, 0.15) is 57.4 Å². The molecule has 37 heavy (non-hydrogen) atoms. The number of hydrogen-bond donors (Lipinski definition) is 2. The number of fused-ring (bicyclic) bond motifs is 1. The van der Waals surface area contributed by atoms with Crippen molar-refractivity contribution in [2.45, 2.75) is 43.6 Å². The molecule has 2 atom stereocenters. The van der Waals surface area contributed by atoms with E-state index in [1.54, 1.807) is 36.2 Å². The lowest BCUT2D eigenvalue weighted by atomic mass is 10.0. The van der Waals surface area contributed by atoms with Crippen LogP contribution >= 0.6 is 0 Å². The molecule has 2 aliphatic heterocycles. The Hall–Kier alpha value is -3.27. The highest BCUT2D eigenvalue weighted by Crippen LogP contribution is 2.47. The van der Waals surface area contributed by atoms with E-state index in [2.05, 4.69) is 16.5 Å². The van der Waals surface area contributed by atoms with Crippen LogP contribution in [0, 0.1) is 17.2 Å². The third kappa shape index (κ3) is 4.41. The minimum atomic E-state index is -3.67. The maximum Gasteiger partial charge on any atom is 0.272 e. The molecule has 11 nitrogen and oxygen atoms in total. The summed E-state index contributed by atoms with van der Waals surface area (Å²) in [6.45, 7) is 2.83. The van der Waals surface area contributed by atoms with E-state index in [0.717, 1.165) is 5.56 Å². The molecule has 2 aromatic rings. The van der Waals surface area contributed by atoms with Crippen LogP contribution in [-0.2, 0) is 30.0 Å². The maximum atomic E-state index is 13.4. The van der Waals surface area contributed by atoms with Crippen molar-refractivity contribution in [3.8, 4) is 6.07 Å². The molecule has 2 N–H and O–H groups in total. The van der Waals surface area contributed by atoms with Gasteiger partial charge in [0.25, 0.3) is 11.8 Å². The van der Waals surface area contributed by atoms with Crippen LogP contribution in [0.2, 0.25) is 0 Å². The van der Waals surface area contributed by atoms with Gasteiger partial charge in [-0.25, -0.2) is 8.42 Å². The first-order chi connectivity index (χ1) is 17.6. The smallest absolute Gasteiger partial charge is 0.272 e. The Labute approximate surface area is 215 Å². The van der Waals surface area contributed by atoms with Crippen molar-refractivity contribution in [2.24, 2.45) is 13.0 Å². The average molecular weight is 527 g/mol. The third-order valence-corrected chi connectivity index (χ3v) is 10.3. The predicted molar refractivity (Wildman–Crippen MR) is 133 cm³/mol. The van der Waals surface area contributed by atoms with Gasteiger partial charge in [0.2, 0.25) is 10.0 Å². The van der Waals surface area contributed by atoms with E-state index < -0.39 is 26.8 Å². The highest BCUT2D eigenvalue weighted by atomic mass is 32.2. The number of aromatic nitrogens is 2. The largest absolute Gasteiger partial charge is 0.391 e. The standard InChI is InChI=1S/C25H30N6O5S/c1-16-13-31(14-20(16)32)37(35,36)25(8-9-25)15-30-10-7-19-21(28-29(2)22(19)24(30)34)23(33)27-12-18-5-3-17(11-26)4-6-18/h3-6,16,20,32H,7-10,12-15H2,1-2H3,(H,27,33)/t16-,20-/m0/s1. The van der Waals surface area contributed by atoms with Gasteiger partial charge in [0.05, 0.1) is 17.7 Å². The van der Waals surface area contributed by atoms with E-state index >= 15 is 0 Å². The molecule has 0 bridgehead atoms. The number of aliphatic hydroxyl groups is 1. The van der Waals surface area contributed by atoms with Crippen LogP contribution in [-0.4, -0.2) is 81.4 Å². The van der Waals surface area contributed by atoms with Crippen molar-refractivity contribution in [3.05, 3.63) is 52.3 Å². The Morgan fingerprint density at radius 2 is 1.97 bits per heavy atom. The Morgan fingerprint density at radius 3 is 2.57 bits per heavy atom. The molecule has 2 fully saturated rings. The second kappa shape index (κ2) is 9.24. The first kappa shape index (κ1) is 25.4. The number of carbonyl (C=O) groups excluding carboxylic acids is 2. The number of β-amino-alcohol motifs (C(OH)–C–C–N with tert-alkyl or cyclic N) is 1. The van der Waals surface area contributed by atoms with E-state index in [0.29, 0.717) is 42.6 Å². The van der Waals surface area contributed by atoms with Crippen LogP contribution in [0.5, 0.6) is 0 Å². The van der Waals surface area contributed by atoms with Gasteiger partial charge in [-0.15, -0.1) is 0 Å². The number of benzene rings is 1. The summed E-state index contributed by atoms with van der Waals surface area (Å²) in [4.78, 5) is 27.9. The fraction of sp³-hybridized carbons (Fsp3) is 0.520. The zero-order valence-electron chi connectivity index (χ0n) is 20.8. The topological polar surface area (TPSA) is 149 Å². The minimum absolute atomic E-state index is 0.0833. The van der Waals surface area contributed by atoms with E-state index in [1.807, 2.05) is 6.92 Å². The lowest BCUT2D eigenvalue weighted by Gasteiger charge is -2.32. The van der Waals surface area contributed by atoms with E-state index in [9.17, 15) is 23.1 Å². The van der Waals surface area contributed by atoms with Crippen molar-refractivity contribution in [2.75, 3.05) is 26.2 Å². The molecule has 0 radical (unpaired) electrons. The molecule has 1 aromatic carbocycles. The van der Waals surface area contributed by atoms with E-state index in [1.165, 1.54) is 8.99 Å². The maximum absolute atomic E-state index is 13.4. The molecule has 0 spiro atoms. The van der Waals surface area contributed by atoms with Gasteiger partial charge < -0.3 is 15.3 Å². The van der Waals surface area contributed by atoms with Crippen molar-refractivity contribution in [1.82, 2.24) is 24.3 Å². The molecule has 3 heterocycles. The molecular weight excluding hydrogens is 496 g/mol. The van der Waals surface area contributed by atoms with Crippen molar-refractivity contribution in [3.63, 3.8) is 0 Å². The van der Waals surface area contributed by atoms with Gasteiger partial charge in [0.15, 0.2) is 5.69 Å². The zero-order valence-corrected chi connectivity index (χ0v) is 21.7. The molecule has 1 aliphatic carbocycles. The average Bonchev–Trinajstić information content (AvgIpc) is 3.49. The summed E-state index contributed by atoms with van der Waals surface area (Å²) in [7, 11) is -2.07. The molecule has 1 saturated heterocycles. The van der Waals surface area contributed by atoms with E-state index in [4.69, 9.17) is 5.26 Å². The van der Waals surface area contributed by atoms with Crippen molar-refractivity contribution >= 4 is 21.8 Å². The fourth-order valence-corrected chi connectivity index (χ4v) is 7.49. The van der Waals surface area contributed by atoms with Crippen LogP contribution in [0.25, 0.3) is 0 Å². The number of hydrogen-bond acceptors (Lipinski definition) is 7. The Kier molecular flexibility index (Phi) is 6.34. The van der Waals surface area contributed by atoms with Gasteiger partial charge in [-0.2, -0.15) is 14.7 Å². The first-order valence-corrected chi connectivity index (χ1v) is 13.8. The quantitative estimate of drug-likeness (QED) is 0.530. The SMILES string of the molecule is C[C@H]1CN(S(=O)(=O)C2(CN3CCc4c(C(=O)NCc5ccc(C#N)cc5)nn(C)c4C3=O)CC2)C[C@@H]1O. The molecular formula is C25H30N6O5S. The number of nitriles is 1. The van der Waals surface area contributed by atoms with Crippen molar-refractivity contribution < 1.29 is 23.1 Å². The van der Waals surface area contributed by atoms with Gasteiger partial charge in [0.1, 0.15) is 10.4 Å². The minimum Gasteiger partial charge on any atom is -0.391 e. The second-order valence-corrected chi connectivity index (χ2v) is 12.6. The normalized spacial score (nSPS) is 23.0. The monoisotopic (exact) mass is 526 g/mol. The summed E-state index contributed by atoms with van der Waals surface area (Å²) >= 11 is 0. The number of aryl methyl sites for hydroxylation is 1. The molecule has 12 heteroatoms. The number of amides is 2. The number of carbonyl (C=O) groups is 2. The molecule has 0 unspecified atom stereocenters. The summed E-state index contributed by atoms with van der Waals surface area (Å²) in [5.74, 6) is -0.857. The fourth-order valence-electron chi connectivity index (χ4n) is 5.23. The van der Waals surface area contributed by atoms with Gasteiger partial charge in [-0.1, -0.05) is 19.1 Å². The molecule has 196 valence electrons. The predicted octanol–water partition coefficient (Wildman–Crippen LogP) is 0.395. The van der Waals surface area contributed by atoms with Gasteiger partial charge in [-0.3, -0.25) is 14.3 Å². The molecule has 5 rings (SSSR count). The first-order valence-electron chi connectivity index (χ1n) is 12.4. The number of nitrogens with one attached hydrogen (secondary N) is 1. The zero-order chi connectivity index (χ0) is 26.5. The Balaban J connectivity index is 1.29. The Bertz CT molecular complexity index is 1380.